The Morgan fingerprint density at radius 3 is 2.48 bits per heavy atom. The summed E-state index contributed by atoms with van der Waals surface area (Å²) < 4.78 is 10.2. The molecule has 0 rings (SSSR count). The van der Waals surface area contributed by atoms with E-state index in [1.807, 2.05) is 6.92 Å². The third-order valence-corrected chi connectivity index (χ3v) is 2.40. The van der Waals surface area contributed by atoms with E-state index >= 15 is 0 Å². The molecule has 0 fully saturated rings. The molecule has 1 amide bonds. The number of aliphatic imine (C=N–C) groups is 1. The molecule has 0 unspecified atom stereocenters. The molecule has 0 bridgehead atoms. The third kappa shape index (κ3) is 15.6. The second kappa shape index (κ2) is 17.4. The van der Waals surface area contributed by atoms with Crippen LogP contribution in [0, 0.1) is 0 Å². The maximum absolute atomic E-state index is 11.4. The number of nitrogens with one attached hydrogen (secondary N) is 3. The Balaban J connectivity index is 0. The number of amides is 1. The molecule has 21 heavy (non-hydrogen) atoms. The smallest absolute Gasteiger partial charge is 0.239 e. The zero-order valence-corrected chi connectivity index (χ0v) is 15.6. The molecule has 8 heteroatoms. The van der Waals surface area contributed by atoms with Gasteiger partial charge in [-0.1, -0.05) is 6.92 Å². The van der Waals surface area contributed by atoms with Crippen molar-refractivity contribution in [2.24, 2.45) is 4.99 Å². The van der Waals surface area contributed by atoms with E-state index in [0.717, 1.165) is 19.4 Å². The second-order valence-electron chi connectivity index (χ2n) is 4.16. The molecule has 126 valence electrons. The number of nitrogens with zero attached hydrogens (tertiary/aromatic N) is 1. The monoisotopic (exact) mass is 416 g/mol. The number of ether oxygens (including phenoxy) is 2. The van der Waals surface area contributed by atoms with Crippen molar-refractivity contribution in [2.75, 3.05) is 53.6 Å². The molecule has 0 radical (unpaired) electrons. The van der Waals surface area contributed by atoms with E-state index in [1.165, 1.54) is 0 Å². The van der Waals surface area contributed by atoms with Crippen molar-refractivity contribution < 1.29 is 14.3 Å². The predicted molar refractivity (Wildman–Crippen MR) is 95.4 cm³/mol. The van der Waals surface area contributed by atoms with E-state index in [4.69, 9.17) is 9.47 Å². The molecule has 0 aromatic heterocycles. The minimum atomic E-state index is -0.0299. The normalized spacial score (nSPS) is 10.7. The van der Waals surface area contributed by atoms with E-state index in [0.29, 0.717) is 32.3 Å². The Bertz CT molecular complexity index is 278. The zero-order valence-electron chi connectivity index (χ0n) is 13.2. The van der Waals surface area contributed by atoms with Crippen molar-refractivity contribution in [3.63, 3.8) is 0 Å². The Morgan fingerprint density at radius 1 is 1.10 bits per heavy atom. The minimum Gasteiger partial charge on any atom is -0.382 e. The topological polar surface area (TPSA) is 84.0 Å². The highest BCUT2D eigenvalue weighted by molar-refractivity contribution is 14.0. The Kier molecular flexibility index (Phi) is 18.8. The molecular weight excluding hydrogens is 387 g/mol. The average molecular weight is 416 g/mol. The lowest BCUT2D eigenvalue weighted by molar-refractivity contribution is -0.120. The van der Waals surface area contributed by atoms with Gasteiger partial charge >= 0.3 is 0 Å². The van der Waals surface area contributed by atoms with Crippen molar-refractivity contribution in [3.05, 3.63) is 0 Å². The maximum Gasteiger partial charge on any atom is 0.239 e. The standard InChI is InChI=1S/C13H28N4O3.HI/c1-4-6-15-12(18)11-17-13(14-2)16-7-5-8-20-10-9-19-3;/h4-11H2,1-3H3,(H,15,18)(H2,14,16,17);1H. The summed E-state index contributed by atoms with van der Waals surface area (Å²) in [5.74, 6) is 0.589. The fourth-order valence-corrected chi connectivity index (χ4v) is 1.34. The maximum atomic E-state index is 11.4. The van der Waals surface area contributed by atoms with Gasteiger partial charge in [0.2, 0.25) is 5.91 Å². The predicted octanol–water partition coefficient (Wildman–Crippen LogP) is 0.349. The van der Waals surface area contributed by atoms with Crippen LogP contribution in [0.1, 0.15) is 19.8 Å². The summed E-state index contributed by atoms with van der Waals surface area (Å²) in [5, 5.41) is 8.87. The third-order valence-electron chi connectivity index (χ3n) is 2.40. The molecule has 0 aromatic carbocycles. The Morgan fingerprint density at radius 2 is 1.86 bits per heavy atom. The van der Waals surface area contributed by atoms with Crippen LogP contribution in [0.2, 0.25) is 0 Å². The van der Waals surface area contributed by atoms with Gasteiger partial charge in [-0.2, -0.15) is 0 Å². The summed E-state index contributed by atoms with van der Waals surface area (Å²) in [6.45, 7) is 5.58. The van der Waals surface area contributed by atoms with Gasteiger partial charge in [-0.3, -0.25) is 9.79 Å². The molecule has 0 spiro atoms. The highest BCUT2D eigenvalue weighted by atomic mass is 127. The molecular formula is C13H29IN4O3. The summed E-state index contributed by atoms with van der Waals surface area (Å²) in [5.41, 5.74) is 0. The molecule has 0 aromatic rings. The number of carbonyl (C=O) groups excluding carboxylic acids is 1. The van der Waals surface area contributed by atoms with Crippen LogP contribution in [0.5, 0.6) is 0 Å². The van der Waals surface area contributed by atoms with Crippen LogP contribution in [0.4, 0.5) is 0 Å². The number of rotatable bonds is 11. The second-order valence-corrected chi connectivity index (χ2v) is 4.16. The lowest BCUT2D eigenvalue weighted by Crippen LogP contribution is -2.43. The van der Waals surface area contributed by atoms with Crippen LogP contribution in [0.15, 0.2) is 4.99 Å². The Hall–Kier alpha value is -0.610. The van der Waals surface area contributed by atoms with Crippen LogP contribution < -0.4 is 16.0 Å². The fourth-order valence-electron chi connectivity index (χ4n) is 1.34. The van der Waals surface area contributed by atoms with Crippen molar-refractivity contribution in [1.29, 1.82) is 0 Å². The summed E-state index contributed by atoms with van der Waals surface area (Å²) in [7, 11) is 3.33. The minimum absolute atomic E-state index is 0. The van der Waals surface area contributed by atoms with Gasteiger partial charge in [0.05, 0.1) is 19.8 Å². The number of methoxy groups -OCH3 is 1. The molecule has 0 saturated carbocycles. The van der Waals surface area contributed by atoms with Gasteiger partial charge in [0.1, 0.15) is 0 Å². The van der Waals surface area contributed by atoms with E-state index in [1.54, 1.807) is 14.2 Å². The van der Waals surface area contributed by atoms with Crippen LogP contribution in [-0.2, 0) is 14.3 Å². The number of guanidine groups is 1. The molecule has 0 atom stereocenters. The molecule has 0 aliphatic rings. The van der Waals surface area contributed by atoms with E-state index in [9.17, 15) is 4.79 Å². The van der Waals surface area contributed by atoms with E-state index in [2.05, 4.69) is 20.9 Å². The van der Waals surface area contributed by atoms with Gasteiger partial charge in [-0.25, -0.2) is 0 Å². The number of carbonyl (C=O) groups is 1. The first-order valence-corrected chi connectivity index (χ1v) is 7.02. The molecule has 0 aliphatic heterocycles. The van der Waals surface area contributed by atoms with Gasteiger partial charge in [0.15, 0.2) is 5.96 Å². The largest absolute Gasteiger partial charge is 0.382 e. The van der Waals surface area contributed by atoms with Crippen molar-refractivity contribution in [3.8, 4) is 0 Å². The molecule has 0 heterocycles. The molecule has 7 nitrogen and oxygen atoms in total. The van der Waals surface area contributed by atoms with Crippen molar-refractivity contribution >= 4 is 35.8 Å². The summed E-state index contributed by atoms with van der Waals surface area (Å²) >= 11 is 0. The fraction of sp³-hybridized carbons (Fsp3) is 0.846. The number of hydrogen-bond donors (Lipinski definition) is 3. The lowest BCUT2D eigenvalue weighted by atomic mass is 10.4. The van der Waals surface area contributed by atoms with E-state index in [-0.39, 0.29) is 36.4 Å². The number of halogens is 1. The Labute approximate surface area is 144 Å². The van der Waals surface area contributed by atoms with Crippen LogP contribution >= 0.6 is 24.0 Å². The van der Waals surface area contributed by atoms with Crippen LogP contribution in [0.3, 0.4) is 0 Å². The highest BCUT2D eigenvalue weighted by Crippen LogP contribution is 1.82. The average Bonchev–Trinajstić information content (AvgIpc) is 2.47. The first-order valence-electron chi connectivity index (χ1n) is 7.02. The molecule has 3 N–H and O–H groups in total. The first-order chi connectivity index (χ1) is 9.74. The van der Waals surface area contributed by atoms with Gasteiger partial charge < -0.3 is 25.4 Å². The first kappa shape index (κ1) is 22.7. The van der Waals surface area contributed by atoms with Crippen LogP contribution in [-0.4, -0.2) is 65.5 Å². The summed E-state index contributed by atoms with van der Waals surface area (Å²) in [6.07, 6.45) is 1.80. The zero-order chi connectivity index (χ0) is 15.1. The summed E-state index contributed by atoms with van der Waals surface area (Å²) in [4.78, 5) is 15.5. The van der Waals surface area contributed by atoms with Gasteiger partial charge in [-0.15, -0.1) is 24.0 Å². The quantitative estimate of drug-likeness (QED) is 0.196. The summed E-state index contributed by atoms with van der Waals surface area (Å²) in [6, 6.07) is 0. The van der Waals surface area contributed by atoms with E-state index < -0.39 is 0 Å². The molecule has 0 aliphatic carbocycles. The van der Waals surface area contributed by atoms with Gasteiger partial charge in [0, 0.05) is 33.9 Å². The lowest BCUT2D eigenvalue weighted by Gasteiger charge is -2.11. The van der Waals surface area contributed by atoms with Crippen molar-refractivity contribution in [1.82, 2.24) is 16.0 Å². The van der Waals surface area contributed by atoms with Crippen LogP contribution in [0.25, 0.3) is 0 Å². The molecule has 0 saturated heterocycles. The highest BCUT2D eigenvalue weighted by Gasteiger charge is 2.02. The SMILES string of the molecule is CCCNC(=O)CNC(=NC)NCCCOCCOC.I. The van der Waals surface area contributed by atoms with Gasteiger partial charge in [-0.05, 0) is 12.8 Å². The number of hydrogen-bond acceptors (Lipinski definition) is 4. The van der Waals surface area contributed by atoms with Gasteiger partial charge in [0.25, 0.3) is 0 Å². The van der Waals surface area contributed by atoms with Crippen molar-refractivity contribution in [2.45, 2.75) is 19.8 Å².